The molecule has 0 atom stereocenters. The second kappa shape index (κ2) is 7.01. The Kier molecular flexibility index (Phi) is 5.65. The molecular weight excluding hydrogens is 254 g/mol. The Morgan fingerprint density at radius 3 is 2.61 bits per heavy atom. The molecule has 1 N–H and O–H groups in total. The minimum atomic E-state index is -0.907. The predicted octanol–water partition coefficient (Wildman–Crippen LogP) is 2.67. The Morgan fingerprint density at radius 1 is 1.33 bits per heavy atom. The first kappa shape index (κ1) is 14.5. The number of carbonyl (C=O) groups excluding carboxylic acids is 1. The maximum Gasteiger partial charge on any atom is 0.305 e. The van der Waals surface area contributed by atoms with Crippen LogP contribution in [0.15, 0.2) is 24.3 Å². The predicted molar refractivity (Wildman–Crippen MR) is 69.9 cm³/mol. The summed E-state index contributed by atoms with van der Waals surface area (Å²) < 4.78 is 0. The fraction of sp³-hybridized carbons (Fsp3) is 0.385. The monoisotopic (exact) mass is 269 g/mol. The second-order valence-electron chi connectivity index (χ2n) is 3.95. The van der Waals surface area contributed by atoms with Gasteiger partial charge in [-0.3, -0.25) is 9.59 Å². The lowest BCUT2D eigenvalue weighted by Gasteiger charge is -2.21. The lowest BCUT2D eigenvalue weighted by Crippen LogP contribution is -2.33. The molecule has 0 aliphatic heterocycles. The highest BCUT2D eigenvalue weighted by Gasteiger charge is 2.16. The van der Waals surface area contributed by atoms with Gasteiger partial charge in [-0.15, -0.1) is 0 Å². The van der Waals surface area contributed by atoms with Crippen LogP contribution in [-0.4, -0.2) is 35.0 Å². The zero-order valence-electron chi connectivity index (χ0n) is 10.2. The number of rotatable bonds is 6. The molecule has 0 fully saturated rings. The highest BCUT2D eigenvalue weighted by molar-refractivity contribution is 6.30. The van der Waals surface area contributed by atoms with Crippen molar-refractivity contribution in [3.05, 3.63) is 34.9 Å². The van der Waals surface area contributed by atoms with Gasteiger partial charge in [0.15, 0.2) is 0 Å². The van der Waals surface area contributed by atoms with E-state index < -0.39 is 5.97 Å². The quantitative estimate of drug-likeness (QED) is 0.864. The maximum atomic E-state index is 12.2. The van der Waals surface area contributed by atoms with Crippen LogP contribution in [0.4, 0.5) is 0 Å². The Hall–Kier alpha value is -1.55. The Bertz CT molecular complexity index is 434. The Morgan fingerprint density at radius 2 is 2.06 bits per heavy atom. The third-order valence-corrected chi connectivity index (χ3v) is 2.68. The van der Waals surface area contributed by atoms with Gasteiger partial charge in [-0.05, 0) is 24.6 Å². The smallest absolute Gasteiger partial charge is 0.305 e. The van der Waals surface area contributed by atoms with Crippen LogP contribution in [-0.2, 0) is 4.79 Å². The third-order valence-electron chi connectivity index (χ3n) is 2.45. The zero-order chi connectivity index (χ0) is 13.5. The molecule has 0 aliphatic rings. The van der Waals surface area contributed by atoms with Gasteiger partial charge in [0.2, 0.25) is 0 Å². The highest BCUT2D eigenvalue weighted by Crippen LogP contribution is 2.13. The molecule has 0 saturated carbocycles. The summed E-state index contributed by atoms with van der Waals surface area (Å²) in [5, 5.41) is 9.16. The first-order valence-electron chi connectivity index (χ1n) is 5.81. The van der Waals surface area contributed by atoms with E-state index >= 15 is 0 Å². The van der Waals surface area contributed by atoms with E-state index in [9.17, 15) is 9.59 Å². The SMILES string of the molecule is CCCN(CCC(=O)O)C(=O)c1cccc(Cl)c1. The molecule has 0 unspecified atom stereocenters. The van der Waals surface area contributed by atoms with Gasteiger partial charge in [0.25, 0.3) is 5.91 Å². The van der Waals surface area contributed by atoms with Crippen LogP contribution in [0.25, 0.3) is 0 Å². The molecule has 98 valence electrons. The highest BCUT2D eigenvalue weighted by atomic mass is 35.5. The molecule has 0 bridgehead atoms. The van der Waals surface area contributed by atoms with Crippen molar-refractivity contribution in [3.63, 3.8) is 0 Å². The molecular formula is C13H16ClNO3. The van der Waals surface area contributed by atoms with Crippen molar-refractivity contribution in [2.75, 3.05) is 13.1 Å². The summed E-state index contributed by atoms with van der Waals surface area (Å²) in [6.45, 7) is 2.70. The van der Waals surface area contributed by atoms with Crippen LogP contribution >= 0.6 is 11.6 Å². The number of carboxylic acids is 1. The third kappa shape index (κ3) is 4.37. The van der Waals surface area contributed by atoms with E-state index in [1.54, 1.807) is 29.2 Å². The zero-order valence-corrected chi connectivity index (χ0v) is 11.0. The number of hydrogen-bond acceptors (Lipinski definition) is 2. The van der Waals surface area contributed by atoms with Gasteiger partial charge in [-0.25, -0.2) is 0 Å². The lowest BCUT2D eigenvalue weighted by atomic mass is 10.2. The van der Waals surface area contributed by atoms with Crippen LogP contribution < -0.4 is 0 Å². The van der Waals surface area contributed by atoms with Gasteiger partial charge in [0.1, 0.15) is 0 Å². The minimum Gasteiger partial charge on any atom is -0.481 e. The fourth-order valence-corrected chi connectivity index (χ4v) is 1.81. The Balaban J connectivity index is 2.78. The number of benzene rings is 1. The number of nitrogens with zero attached hydrogens (tertiary/aromatic N) is 1. The van der Waals surface area contributed by atoms with E-state index in [0.717, 1.165) is 6.42 Å². The summed E-state index contributed by atoms with van der Waals surface area (Å²) in [4.78, 5) is 24.3. The summed E-state index contributed by atoms with van der Waals surface area (Å²) in [7, 11) is 0. The molecule has 0 heterocycles. The average Bonchev–Trinajstić information content (AvgIpc) is 2.33. The van der Waals surface area contributed by atoms with Crippen molar-refractivity contribution in [3.8, 4) is 0 Å². The van der Waals surface area contributed by atoms with Gasteiger partial charge in [-0.1, -0.05) is 24.6 Å². The molecule has 4 nitrogen and oxygen atoms in total. The molecule has 1 aromatic rings. The minimum absolute atomic E-state index is 0.0493. The molecule has 0 radical (unpaired) electrons. The van der Waals surface area contributed by atoms with Crippen molar-refractivity contribution in [1.82, 2.24) is 4.90 Å². The van der Waals surface area contributed by atoms with Crippen LogP contribution in [0.3, 0.4) is 0 Å². The van der Waals surface area contributed by atoms with E-state index in [1.807, 2.05) is 6.92 Å². The first-order chi connectivity index (χ1) is 8.54. The average molecular weight is 270 g/mol. The standard InChI is InChI=1S/C13H16ClNO3/c1-2-7-15(8-6-12(16)17)13(18)10-4-3-5-11(14)9-10/h3-5,9H,2,6-8H2,1H3,(H,16,17). The summed E-state index contributed by atoms with van der Waals surface area (Å²) in [6, 6.07) is 6.67. The van der Waals surface area contributed by atoms with Crippen LogP contribution in [0.2, 0.25) is 5.02 Å². The van der Waals surface area contributed by atoms with Crippen molar-refractivity contribution in [2.45, 2.75) is 19.8 Å². The topological polar surface area (TPSA) is 57.6 Å². The van der Waals surface area contributed by atoms with Gasteiger partial charge in [0, 0.05) is 23.7 Å². The van der Waals surface area contributed by atoms with Crippen molar-refractivity contribution in [2.24, 2.45) is 0 Å². The second-order valence-corrected chi connectivity index (χ2v) is 4.38. The van der Waals surface area contributed by atoms with Crippen molar-refractivity contribution >= 4 is 23.5 Å². The van der Waals surface area contributed by atoms with Gasteiger partial charge in [0.05, 0.1) is 6.42 Å². The molecule has 1 amide bonds. The summed E-state index contributed by atoms with van der Waals surface area (Å²) in [5.41, 5.74) is 0.487. The lowest BCUT2D eigenvalue weighted by molar-refractivity contribution is -0.137. The molecule has 0 saturated heterocycles. The largest absolute Gasteiger partial charge is 0.481 e. The summed E-state index contributed by atoms with van der Waals surface area (Å²) >= 11 is 5.83. The van der Waals surface area contributed by atoms with E-state index in [4.69, 9.17) is 16.7 Å². The Labute approximate surface area is 111 Å². The first-order valence-corrected chi connectivity index (χ1v) is 6.19. The van der Waals surface area contributed by atoms with Gasteiger partial charge >= 0.3 is 5.97 Å². The van der Waals surface area contributed by atoms with E-state index in [0.29, 0.717) is 17.1 Å². The molecule has 5 heteroatoms. The number of hydrogen-bond donors (Lipinski definition) is 1. The van der Waals surface area contributed by atoms with E-state index in [1.165, 1.54) is 0 Å². The summed E-state index contributed by atoms with van der Waals surface area (Å²) in [6.07, 6.45) is 0.734. The van der Waals surface area contributed by atoms with Gasteiger partial charge < -0.3 is 10.0 Å². The molecule has 18 heavy (non-hydrogen) atoms. The number of carbonyl (C=O) groups is 2. The number of carboxylic acid groups (broad SMARTS) is 1. The fourth-order valence-electron chi connectivity index (χ4n) is 1.62. The van der Waals surface area contributed by atoms with Crippen molar-refractivity contribution in [1.29, 1.82) is 0 Å². The molecule has 0 aromatic heterocycles. The van der Waals surface area contributed by atoms with Gasteiger partial charge in [-0.2, -0.15) is 0 Å². The maximum absolute atomic E-state index is 12.2. The van der Waals surface area contributed by atoms with Crippen molar-refractivity contribution < 1.29 is 14.7 Å². The van der Waals surface area contributed by atoms with Crippen LogP contribution in [0.1, 0.15) is 30.1 Å². The normalized spacial score (nSPS) is 10.1. The summed E-state index contributed by atoms with van der Waals surface area (Å²) in [5.74, 6) is -1.09. The number of halogens is 1. The van der Waals surface area contributed by atoms with E-state index in [2.05, 4.69) is 0 Å². The van der Waals surface area contributed by atoms with E-state index in [-0.39, 0.29) is 18.9 Å². The number of amides is 1. The number of aliphatic carboxylic acids is 1. The molecule has 1 rings (SSSR count). The molecule has 0 spiro atoms. The van der Waals surface area contributed by atoms with Crippen LogP contribution in [0, 0.1) is 0 Å². The molecule has 0 aliphatic carbocycles. The molecule has 1 aromatic carbocycles. The van der Waals surface area contributed by atoms with Crippen LogP contribution in [0.5, 0.6) is 0 Å².